The summed E-state index contributed by atoms with van der Waals surface area (Å²) < 4.78 is 5.09. The highest BCUT2D eigenvalue weighted by atomic mass is 16.6. The van der Waals surface area contributed by atoms with Crippen LogP contribution in [0.4, 0.5) is 4.79 Å². The van der Waals surface area contributed by atoms with Crippen molar-refractivity contribution in [2.75, 3.05) is 13.2 Å². The molecule has 1 unspecified atom stereocenters. The van der Waals surface area contributed by atoms with Crippen LogP contribution in [0.2, 0.25) is 0 Å². The fraction of sp³-hybridized carbons (Fsp3) is 0.357. The molecule has 2 rings (SSSR count). The largest absolute Gasteiger partial charge is 0.445 e. The van der Waals surface area contributed by atoms with Crippen LogP contribution < -0.4 is 0 Å². The lowest BCUT2D eigenvalue weighted by Crippen LogP contribution is -2.29. The lowest BCUT2D eigenvalue weighted by atomic mass is 9.86. The maximum atomic E-state index is 11.9. The third-order valence-corrected chi connectivity index (χ3v) is 3.22. The molecule has 17 heavy (non-hydrogen) atoms. The van der Waals surface area contributed by atoms with E-state index in [2.05, 4.69) is 19.6 Å². The van der Waals surface area contributed by atoms with Gasteiger partial charge in [-0.15, -0.1) is 0 Å². The van der Waals surface area contributed by atoms with Gasteiger partial charge in [-0.05, 0) is 12.5 Å². The van der Waals surface area contributed by atoms with E-state index in [9.17, 15) is 4.79 Å². The SMILES string of the molecule is C=CCOC(=O)N1CCC2(C)C=CC=CC=C12. The zero-order valence-electron chi connectivity index (χ0n) is 10.1. The normalized spacial score (nSPS) is 26.2. The molecule has 1 aliphatic heterocycles. The Hall–Kier alpha value is -1.77. The van der Waals surface area contributed by atoms with Crippen LogP contribution in [-0.2, 0) is 4.74 Å². The molecule has 3 nitrogen and oxygen atoms in total. The average molecular weight is 231 g/mol. The molecule has 90 valence electrons. The van der Waals surface area contributed by atoms with Gasteiger partial charge in [0.25, 0.3) is 0 Å². The van der Waals surface area contributed by atoms with Crippen molar-refractivity contribution in [2.45, 2.75) is 13.3 Å². The number of allylic oxidation sites excluding steroid dienone is 5. The van der Waals surface area contributed by atoms with Gasteiger partial charge in [-0.3, -0.25) is 4.90 Å². The first-order valence-corrected chi connectivity index (χ1v) is 5.79. The van der Waals surface area contributed by atoms with Crippen molar-refractivity contribution in [3.8, 4) is 0 Å². The number of likely N-dealkylation sites (tertiary alicyclic amines) is 1. The summed E-state index contributed by atoms with van der Waals surface area (Å²) in [5.74, 6) is 0. The molecule has 0 bridgehead atoms. The molecule has 0 aromatic heterocycles. The number of ether oxygens (including phenoxy) is 1. The quantitative estimate of drug-likeness (QED) is 0.684. The summed E-state index contributed by atoms with van der Waals surface area (Å²) in [6, 6.07) is 0. The Balaban J connectivity index is 2.19. The predicted octanol–water partition coefficient (Wildman–Crippen LogP) is 3.03. The summed E-state index contributed by atoms with van der Waals surface area (Å²) in [4.78, 5) is 13.6. The Morgan fingerprint density at radius 1 is 1.59 bits per heavy atom. The third kappa shape index (κ3) is 2.18. The lowest BCUT2D eigenvalue weighted by molar-refractivity contribution is 0.128. The van der Waals surface area contributed by atoms with E-state index in [0.717, 1.165) is 12.1 Å². The highest BCUT2D eigenvalue weighted by Crippen LogP contribution is 2.42. The van der Waals surface area contributed by atoms with Crippen molar-refractivity contribution in [3.63, 3.8) is 0 Å². The summed E-state index contributed by atoms with van der Waals surface area (Å²) in [7, 11) is 0. The molecule has 1 saturated heterocycles. The van der Waals surface area contributed by atoms with Gasteiger partial charge in [-0.2, -0.15) is 0 Å². The fourth-order valence-corrected chi connectivity index (χ4v) is 2.23. The second-order valence-electron chi connectivity index (χ2n) is 4.48. The Labute approximate surface area is 102 Å². The minimum absolute atomic E-state index is 0.0588. The smallest absolute Gasteiger partial charge is 0.414 e. The molecule has 0 spiro atoms. The molecule has 0 N–H and O–H groups in total. The number of rotatable bonds is 2. The molecule has 1 atom stereocenters. The van der Waals surface area contributed by atoms with E-state index in [1.54, 1.807) is 11.0 Å². The maximum absolute atomic E-state index is 11.9. The lowest BCUT2D eigenvalue weighted by Gasteiger charge is -2.24. The summed E-state index contributed by atoms with van der Waals surface area (Å²) >= 11 is 0. The number of amides is 1. The second kappa shape index (κ2) is 4.62. The molecule has 1 amide bonds. The molecular formula is C14H17NO2. The van der Waals surface area contributed by atoms with Gasteiger partial charge >= 0.3 is 6.09 Å². The van der Waals surface area contributed by atoms with E-state index in [1.165, 1.54) is 0 Å². The van der Waals surface area contributed by atoms with Gasteiger partial charge in [0.2, 0.25) is 0 Å². The number of hydrogen-bond donors (Lipinski definition) is 0. The number of nitrogens with zero attached hydrogens (tertiary/aromatic N) is 1. The first-order valence-electron chi connectivity index (χ1n) is 5.79. The average Bonchev–Trinajstić information content (AvgIpc) is 2.52. The Morgan fingerprint density at radius 3 is 3.18 bits per heavy atom. The monoisotopic (exact) mass is 231 g/mol. The number of hydrogen-bond acceptors (Lipinski definition) is 2. The van der Waals surface area contributed by atoms with E-state index in [1.807, 2.05) is 24.3 Å². The number of fused-ring (bicyclic) bond motifs is 1. The zero-order chi connectivity index (χ0) is 12.3. The van der Waals surface area contributed by atoms with Crippen molar-refractivity contribution >= 4 is 6.09 Å². The van der Waals surface area contributed by atoms with E-state index in [4.69, 9.17) is 4.74 Å². The minimum atomic E-state index is -0.288. The summed E-state index contributed by atoms with van der Waals surface area (Å²) in [5, 5.41) is 0. The van der Waals surface area contributed by atoms with Crippen LogP contribution in [0.1, 0.15) is 13.3 Å². The topological polar surface area (TPSA) is 29.5 Å². The number of carbonyl (C=O) groups excluding carboxylic acids is 1. The van der Waals surface area contributed by atoms with Crippen LogP contribution >= 0.6 is 0 Å². The molecular weight excluding hydrogens is 214 g/mol. The molecule has 0 aromatic rings. The predicted molar refractivity (Wildman–Crippen MR) is 67.3 cm³/mol. The van der Waals surface area contributed by atoms with Gasteiger partial charge in [0.05, 0.1) is 0 Å². The van der Waals surface area contributed by atoms with Crippen molar-refractivity contribution in [1.29, 1.82) is 0 Å². The van der Waals surface area contributed by atoms with E-state index < -0.39 is 0 Å². The Bertz CT molecular complexity index is 420. The summed E-state index contributed by atoms with van der Waals surface area (Å²) in [6.45, 7) is 6.64. The second-order valence-corrected chi connectivity index (χ2v) is 4.48. The molecule has 3 heteroatoms. The highest BCUT2D eigenvalue weighted by Gasteiger charge is 2.40. The molecule has 0 aromatic carbocycles. The highest BCUT2D eigenvalue weighted by molar-refractivity contribution is 5.71. The van der Waals surface area contributed by atoms with Gasteiger partial charge in [-0.1, -0.05) is 43.9 Å². The van der Waals surface area contributed by atoms with Crippen molar-refractivity contribution < 1.29 is 9.53 Å². The van der Waals surface area contributed by atoms with Crippen LogP contribution in [0.25, 0.3) is 0 Å². The summed E-state index contributed by atoms with van der Waals surface area (Å²) in [6.07, 6.45) is 12.3. The van der Waals surface area contributed by atoms with Crippen LogP contribution in [-0.4, -0.2) is 24.1 Å². The van der Waals surface area contributed by atoms with Gasteiger partial charge in [0.15, 0.2) is 0 Å². The van der Waals surface area contributed by atoms with Crippen molar-refractivity contribution in [2.24, 2.45) is 5.41 Å². The van der Waals surface area contributed by atoms with Crippen molar-refractivity contribution in [3.05, 3.63) is 48.7 Å². The minimum Gasteiger partial charge on any atom is -0.445 e. The first-order chi connectivity index (χ1) is 8.17. The van der Waals surface area contributed by atoms with Crippen molar-refractivity contribution in [1.82, 2.24) is 4.90 Å². The summed E-state index contributed by atoms with van der Waals surface area (Å²) in [5.41, 5.74) is 0.952. The molecule has 1 aliphatic carbocycles. The Morgan fingerprint density at radius 2 is 2.41 bits per heavy atom. The molecule has 1 heterocycles. The zero-order valence-corrected chi connectivity index (χ0v) is 10.1. The van der Waals surface area contributed by atoms with E-state index >= 15 is 0 Å². The number of carbonyl (C=O) groups is 1. The van der Waals surface area contributed by atoms with Gasteiger partial charge in [-0.25, -0.2) is 4.79 Å². The van der Waals surface area contributed by atoms with Gasteiger partial charge in [0, 0.05) is 17.7 Å². The fourth-order valence-electron chi connectivity index (χ4n) is 2.23. The van der Waals surface area contributed by atoms with E-state index in [-0.39, 0.29) is 18.1 Å². The van der Waals surface area contributed by atoms with Crippen LogP contribution in [0.15, 0.2) is 48.7 Å². The van der Waals surface area contributed by atoms with E-state index in [0.29, 0.717) is 6.54 Å². The van der Waals surface area contributed by atoms with Crippen LogP contribution in [0.3, 0.4) is 0 Å². The van der Waals surface area contributed by atoms with Gasteiger partial charge in [0.1, 0.15) is 6.61 Å². The molecule has 1 fully saturated rings. The Kier molecular flexibility index (Phi) is 3.18. The van der Waals surface area contributed by atoms with Crippen LogP contribution in [0.5, 0.6) is 0 Å². The van der Waals surface area contributed by atoms with Crippen LogP contribution in [0, 0.1) is 5.41 Å². The third-order valence-electron chi connectivity index (χ3n) is 3.22. The van der Waals surface area contributed by atoms with Gasteiger partial charge < -0.3 is 4.74 Å². The first kappa shape index (κ1) is 11.7. The standard InChI is InChI=1S/C14H17NO2/c1-3-11-17-13(16)15-10-9-14(2)8-6-4-5-7-12(14)15/h3-8H,1,9-11H2,2H3. The molecule has 2 aliphatic rings. The molecule has 0 saturated carbocycles. The molecule has 0 radical (unpaired) electrons. The maximum Gasteiger partial charge on any atom is 0.414 e.